The molecule has 0 unspecified atom stereocenters. The molecule has 1 fully saturated rings. The molecule has 0 aromatic heterocycles. The monoisotopic (exact) mass is 199 g/mol. The third kappa shape index (κ3) is 4.09. The third-order valence-electron chi connectivity index (χ3n) is 2.98. The minimum absolute atomic E-state index is 0.365. The third-order valence-corrected chi connectivity index (χ3v) is 2.98. The summed E-state index contributed by atoms with van der Waals surface area (Å²) in [6, 6.07) is 0. The lowest BCUT2D eigenvalue weighted by molar-refractivity contribution is -0.138. The Hall–Kier alpha value is -0.570. The van der Waals surface area contributed by atoms with Crippen LogP contribution >= 0.6 is 0 Å². The summed E-state index contributed by atoms with van der Waals surface area (Å²) in [7, 11) is 4.17. The van der Waals surface area contributed by atoms with Crippen LogP contribution in [0.2, 0.25) is 0 Å². The van der Waals surface area contributed by atoms with E-state index >= 15 is 0 Å². The molecule has 82 valence electrons. The van der Waals surface area contributed by atoms with E-state index in [1.54, 1.807) is 0 Å². The lowest BCUT2D eigenvalue weighted by Crippen LogP contribution is -2.27. The van der Waals surface area contributed by atoms with E-state index in [9.17, 15) is 4.79 Å². The number of rotatable bonds is 4. The van der Waals surface area contributed by atoms with Gasteiger partial charge in [-0.1, -0.05) is 6.42 Å². The Labute approximate surface area is 86.1 Å². The standard InChI is InChI=1S/C11H21NO2/c1-12(2)8-10-5-3-4-9(6-10)7-11(13)14/h9-10H,3-8H2,1-2H3,(H,13,14)/t9-,10-/m1/s1. The molecule has 1 aliphatic rings. The van der Waals surface area contributed by atoms with E-state index in [4.69, 9.17) is 5.11 Å². The van der Waals surface area contributed by atoms with Crippen molar-refractivity contribution in [3.63, 3.8) is 0 Å². The SMILES string of the molecule is CN(C)C[C@@H]1CCC[C@@H](CC(=O)O)C1. The number of hydrogen-bond acceptors (Lipinski definition) is 2. The van der Waals surface area contributed by atoms with Crippen molar-refractivity contribution in [3.8, 4) is 0 Å². The fourth-order valence-corrected chi connectivity index (χ4v) is 2.52. The second-order valence-corrected chi connectivity index (χ2v) is 4.76. The number of hydrogen-bond donors (Lipinski definition) is 1. The first kappa shape index (κ1) is 11.5. The van der Waals surface area contributed by atoms with Gasteiger partial charge in [-0.05, 0) is 45.2 Å². The molecule has 0 amide bonds. The molecule has 0 radical (unpaired) electrons. The van der Waals surface area contributed by atoms with E-state index in [1.807, 2.05) is 0 Å². The Kier molecular flexibility index (Phi) is 4.39. The van der Waals surface area contributed by atoms with Gasteiger partial charge in [0, 0.05) is 13.0 Å². The molecule has 3 nitrogen and oxygen atoms in total. The average molecular weight is 199 g/mol. The van der Waals surface area contributed by atoms with Crippen LogP contribution in [-0.4, -0.2) is 36.6 Å². The second kappa shape index (κ2) is 5.35. The summed E-state index contributed by atoms with van der Waals surface area (Å²) >= 11 is 0. The van der Waals surface area contributed by atoms with Gasteiger partial charge in [0.15, 0.2) is 0 Å². The highest BCUT2D eigenvalue weighted by Crippen LogP contribution is 2.31. The first-order chi connectivity index (χ1) is 6.58. The van der Waals surface area contributed by atoms with Gasteiger partial charge in [0.25, 0.3) is 0 Å². The van der Waals surface area contributed by atoms with E-state index in [-0.39, 0.29) is 0 Å². The van der Waals surface area contributed by atoms with Gasteiger partial charge in [-0.3, -0.25) is 4.79 Å². The van der Waals surface area contributed by atoms with Crippen molar-refractivity contribution in [2.45, 2.75) is 32.1 Å². The summed E-state index contributed by atoms with van der Waals surface area (Å²) in [5.41, 5.74) is 0. The molecule has 0 heterocycles. The Bertz CT molecular complexity index is 192. The number of carboxylic acid groups (broad SMARTS) is 1. The Morgan fingerprint density at radius 3 is 2.57 bits per heavy atom. The van der Waals surface area contributed by atoms with Crippen LogP contribution in [0.15, 0.2) is 0 Å². The van der Waals surface area contributed by atoms with Crippen molar-refractivity contribution >= 4 is 5.97 Å². The van der Waals surface area contributed by atoms with Crippen molar-refractivity contribution in [2.24, 2.45) is 11.8 Å². The van der Waals surface area contributed by atoms with E-state index < -0.39 is 5.97 Å². The highest BCUT2D eigenvalue weighted by Gasteiger charge is 2.23. The predicted octanol–water partition coefficient (Wildman–Crippen LogP) is 1.83. The fraction of sp³-hybridized carbons (Fsp3) is 0.909. The van der Waals surface area contributed by atoms with Crippen LogP contribution in [0.3, 0.4) is 0 Å². The first-order valence-corrected chi connectivity index (χ1v) is 5.44. The number of nitrogens with zero attached hydrogens (tertiary/aromatic N) is 1. The van der Waals surface area contributed by atoms with E-state index in [0.717, 1.165) is 19.4 Å². The molecular weight excluding hydrogens is 178 g/mol. The van der Waals surface area contributed by atoms with Gasteiger partial charge < -0.3 is 10.0 Å². The van der Waals surface area contributed by atoms with Gasteiger partial charge >= 0.3 is 5.97 Å². The van der Waals surface area contributed by atoms with Gasteiger partial charge in [-0.25, -0.2) is 0 Å². The summed E-state index contributed by atoms with van der Waals surface area (Å²) in [5, 5.41) is 8.72. The molecule has 2 atom stereocenters. The molecule has 0 spiro atoms. The molecule has 1 N–H and O–H groups in total. The average Bonchev–Trinajstić information content (AvgIpc) is 2.01. The van der Waals surface area contributed by atoms with Crippen molar-refractivity contribution in [1.82, 2.24) is 4.90 Å². The zero-order chi connectivity index (χ0) is 10.6. The van der Waals surface area contributed by atoms with Gasteiger partial charge in [-0.15, -0.1) is 0 Å². The summed E-state index contributed by atoms with van der Waals surface area (Å²) < 4.78 is 0. The Balaban J connectivity index is 2.32. The lowest BCUT2D eigenvalue weighted by atomic mass is 9.80. The highest BCUT2D eigenvalue weighted by molar-refractivity contribution is 5.67. The van der Waals surface area contributed by atoms with Crippen molar-refractivity contribution in [3.05, 3.63) is 0 Å². The maximum Gasteiger partial charge on any atom is 0.303 e. The molecule has 0 aromatic carbocycles. The summed E-state index contributed by atoms with van der Waals surface area (Å²) in [6.45, 7) is 1.11. The molecule has 0 aromatic rings. The quantitative estimate of drug-likeness (QED) is 0.751. The minimum Gasteiger partial charge on any atom is -0.481 e. The Morgan fingerprint density at radius 1 is 1.36 bits per heavy atom. The molecule has 3 heteroatoms. The topological polar surface area (TPSA) is 40.5 Å². The fourth-order valence-electron chi connectivity index (χ4n) is 2.52. The molecule has 1 rings (SSSR count). The number of aliphatic carboxylic acids is 1. The molecule has 0 saturated heterocycles. The largest absolute Gasteiger partial charge is 0.481 e. The summed E-state index contributed by atoms with van der Waals surface area (Å²) in [5.74, 6) is 0.495. The summed E-state index contributed by atoms with van der Waals surface area (Å²) in [6.07, 6.45) is 5.05. The van der Waals surface area contributed by atoms with Crippen LogP contribution in [0.5, 0.6) is 0 Å². The van der Waals surface area contributed by atoms with E-state index in [0.29, 0.717) is 18.3 Å². The maximum absolute atomic E-state index is 10.6. The second-order valence-electron chi connectivity index (χ2n) is 4.76. The highest BCUT2D eigenvalue weighted by atomic mass is 16.4. The van der Waals surface area contributed by atoms with Gasteiger partial charge in [0.2, 0.25) is 0 Å². The zero-order valence-electron chi connectivity index (χ0n) is 9.20. The van der Waals surface area contributed by atoms with Crippen LogP contribution in [0.4, 0.5) is 0 Å². The molecule has 0 aliphatic heterocycles. The molecule has 1 saturated carbocycles. The zero-order valence-corrected chi connectivity index (χ0v) is 9.20. The van der Waals surface area contributed by atoms with Crippen LogP contribution in [0, 0.1) is 11.8 Å². The van der Waals surface area contributed by atoms with Crippen LogP contribution in [0.25, 0.3) is 0 Å². The predicted molar refractivity (Wildman–Crippen MR) is 56.3 cm³/mol. The van der Waals surface area contributed by atoms with Gasteiger partial charge in [0.1, 0.15) is 0 Å². The molecular formula is C11H21NO2. The van der Waals surface area contributed by atoms with Crippen LogP contribution < -0.4 is 0 Å². The van der Waals surface area contributed by atoms with Crippen molar-refractivity contribution in [1.29, 1.82) is 0 Å². The van der Waals surface area contributed by atoms with E-state index in [1.165, 1.54) is 12.8 Å². The van der Waals surface area contributed by atoms with Crippen LogP contribution in [-0.2, 0) is 4.79 Å². The lowest BCUT2D eigenvalue weighted by Gasteiger charge is -2.30. The molecule has 14 heavy (non-hydrogen) atoms. The Morgan fingerprint density at radius 2 is 2.00 bits per heavy atom. The smallest absolute Gasteiger partial charge is 0.303 e. The van der Waals surface area contributed by atoms with Gasteiger partial charge in [0.05, 0.1) is 0 Å². The normalized spacial score (nSPS) is 27.9. The van der Waals surface area contributed by atoms with Crippen LogP contribution in [0.1, 0.15) is 32.1 Å². The molecule has 1 aliphatic carbocycles. The first-order valence-electron chi connectivity index (χ1n) is 5.44. The maximum atomic E-state index is 10.6. The van der Waals surface area contributed by atoms with Crippen molar-refractivity contribution < 1.29 is 9.90 Å². The molecule has 0 bridgehead atoms. The van der Waals surface area contributed by atoms with E-state index in [2.05, 4.69) is 19.0 Å². The minimum atomic E-state index is -0.638. The number of carboxylic acids is 1. The van der Waals surface area contributed by atoms with Gasteiger partial charge in [-0.2, -0.15) is 0 Å². The number of carbonyl (C=O) groups is 1. The summed E-state index contributed by atoms with van der Waals surface area (Å²) in [4.78, 5) is 12.8. The van der Waals surface area contributed by atoms with Crippen molar-refractivity contribution in [2.75, 3.05) is 20.6 Å².